The topological polar surface area (TPSA) is 66.9 Å². The molecule has 3 aromatic rings. The van der Waals surface area contributed by atoms with Crippen molar-refractivity contribution < 1.29 is 19.1 Å². The lowest BCUT2D eigenvalue weighted by molar-refractivity contribution is -0.121. The minimum Gasteiger partial charge on any atom is -0.479 e. The number of terminal acetylenes is 1. The Morgan fingerprint density at radius 3 is 1.88 bits per heavy atom. The van der Waals surface area contributed by atoms with E-state index < -0.39 is 17.8 Å². The van der Waals surface area contributed by atoms with Gasteiger partial charge in [0.25, 0.3) is 11.8 Å². The third-order valence-corrected chi connectivity index (χ3v) is 5.15. The lowest BCUT2D eigenvalue weighted by Crippen LogP contribution is -2.57. The Bertz CT molecular complexity index is 1230. The van der Waals surface area contributed by atoms with Crippen LogP contribution in [0.15, 0.2) is 84.4 Å². The van der Waals surface area contributed by atoms with E-state index in [0.717, 1.165) is 9.80 Å². The number of rotatable bonds is 5. The largest absolute Gasteiger partial charge is 0.479 e. The number of anilines is 2. The van der Waals surface area contributed by atoms with Gasteiger partial charge in [0.15, 0.2) is 0 Å². The van der Waals surface area contributed by atoms with E-state index in [2.05, 4.69) is 5.92 Å². The molecule has 6 nitrogen and oxygen atoms in total. The van der Waals surface area contributed by atoms with Gasteiger partial charge in [-0.3, -0.25) is 9.59 Å². The molecule has 1 aliphatic rings. The molecule has 0 bridgehead atoms. The summed E-state index contributed by atoms with van der Waals surface area (Å²) in [7, 11) is 0. The van der Waals surface area contributed by atoms with Gasteiger partial charge in [-0.15, -0.1) is 6.42 Å². The molecule has 0 saturated carbocycles. The average molecular weight is 457 g/mol. The molecule has 0 atom stereocenters. The molecule has 1 heterocycles. The predicted octanol–water partition coefficient (Wildman–Crippen LogP) is 4.94. The van der Waals surface area contributed by atoms with Gasteiger partial charge in [-0.25, -0.2) is 14.6 Å². The van der Waals surface area contributed by atoms with Crippen molar-refractivity contribution in [3.63, 3.8) is 0 Å². The van der Waals surface area contributed by atoms with Crippen LogP contribution < -0.4 is 14.5 Å². The van der Waals surface area contributed by atoms with Crippen molar-refractivity contribution in [3.8, 4) is 18.1 Å². The van der Waals surface area contributed by atoms with Crippen LogP contribution in [-0.4, -0.2) is 24.5 Å². The van der Waals surface area contributed by atoms with Crippen LogP contribution in [0.1, 0.15) is 5.56 Å². The van der Waals surface area contributed by atoms with Gasteiger partial charge in [-0.2, -0.15) is 0 Å². The van der Waals surface area contributed by atoms with Crippen LogP contribution in [0.4, 0.5) is 16.2 Å². The quantitative estimate of drug-likeness (QED) is 0.310. The molecule has 0 aromatic heterocycles. The number of hydrogen-bond acceptors (Lipinski definition) is 4. The van der Waals surface area contributed by atoms with Gasteiger partial charge >= 0.3 is 6.03 Å². The fourth-order valence-corrected chi connectivity index (χ4v) is 3.59. The first kappa shape index (κ1) is 21.9. The third-order valence-electron chi connectivity index (χ3n) is 4.86. The minimum absolute atomic E-state index is 0.0529. The molecule has 1 saturated heterocycles. The number of carbonyl (C=O) groups excluding carboxylic acids is 3. The van der Waals surface area contributed by atoms with E-state index in [-0.39, 0.29) is 17.2 Å². The number of imide groups is 2. The molecule has 0 aliphatic carbocycles. The first-order valence-electron chi connectivity index (χ1n) is 9.91. The fourth-order valence-electron chi connectivity index (χ4n) is 3.35. The summed E-state index contributed by atoms with van der Waals surface area (Å²) in [5.41, 5.74) is 1.00. The van der Waals surface area contributed by atoms with Gasteiger partial charge in [-0.05, 0) is 48.0 Å². The Morgan fingerprint density at radius 2 is 1.39 bits per heavy atom. The van der Waals surface area contributed by atoms with Gasteiger partial charge < -0.3 is 4.74 Å². The van der Waals surface area contributed by atoms with E-state index in [1.807, 2.05) is 0 Å². The number of carbonyl (C=O) groups is 3. The first-order chi connectivity index (χ1) is 16.0. The van der Waals surface area contributed by atoms with Gasteiger partial charge in [-0.1, -0.05) is 60.0 Å². The molecular weight excluding hydrogens is 440 g/mol. The van der Waals surface area contributed by atoms with Crippen molar-refractivity contribution in [1.29, 1.82) is 0 Å². The van der Waals surface area contributed by atoms with Crippen LogP contribution in [0.25, 0.3) is 6.08 Å². The molecule has 4 rings (SSSR count). The van der Waals surface area contributed by atoms with Crippen LogP contribution >= 0.6 is 11.6 Å². The first-order valence-corrected chi connectivity index (χ1v) is 10.3. The van der Waals surface area contributed by atoms with E-state index in [4.69, 9.17) is 22.8 Å². The van der Waals surface area contributed by atoms with Crippen LogP contribution in [0.5, 0.6) is 5.75 Å². The van der Waals surface area contributed by atoms with Crippen molar-refractivity contribution in [3.05, 3.63) is 95.0 Å². The van der Waals surface area contributed by atoms with Gasteiger partial charge in [0.2, 0.25) is 0 Å². The number of benzene rings is 3. The number of para-hydroxylation sites is 2. The van der Waals surface area contributed by atoms with Crippen molar-refractivity contribution in [2.45, 2.75) is 0 Å². The molecule has 0 radical (unpaired) electrons. The summed E-state index contributed by atoms with van der Waals surface area (Å²) in [5, 5.41) is 0.270. The Morgan fingerprint density at radius 1 is 0.848 bits per heavy atom. The van der Waals surface area contributed by atoms with Crippen LogP contribution in [0.3, 0.4) is 0 Å². The van der Waals surface area contributed by atoms with Crippen LogP contribution in [-0.2, 0) is 9.59 Å². The van der Waals surface area contributed by atoms with Crippen molar-refractivity contribution in [2.24, 2.45) is 0 Å². The smallest absolute Gasteiger partial charge is 0.343 e. The zero-order valence-corrected chi connectivity index (χ0v) is 18.0. The van der Waals surface area contributed by atoms with E-state index in [0.29, 0.717) is 22.7 Å². The molecule has 3 aromatic carbocycles. The van der Waals surface area contributed by atoms with E-state index >= 15 is 0 Å². The molecule has 162 valence electrons. The summed E-state index contributed by atoms with van der Waals surface area (Å²) >= 11 is 6.26. The monoisotopic (exact) mass is 456 g/mol. The van der Waals surface area contributed by atoms with Gasteiger partial charge in [0, 0.05) is 0 Å². The lowest BCUT2D eigenvalue weighted by Gasteiger charge is -2.33. The summed E-state index contributed by atoms with van der Waals surface area (Å²) < 4.78 is 5.35. The third kappa shape index (κ3) is 4.36. The molecular formula is C26H17ClN2O4. The second-order valence-corrected chi connectivity index (χ2v) is 7.38. The number of urea groups is 1. The van der Waals surface area contributed by atoms with Crippen LogP contribution in [0.2, 0.25) is 5.02 Å². The minimum atomic E-state index is -0.754. The summed E-state index contributed by atoms with van der Waals surface area (Å²) in [5.74, 6) is 1.28. The molecule has 33 heavy (non-hydrogen) atoms. The number of nitrogens with zero attached hydrogens (tertiary/aromatic N) is 2. The zero-order valence-electron chi connectivity index (χ0n) is 17.3. The highest BCUT2D eigenvalue weighted by Gasteiger charge is 2.43. The summed E-state index contributed by atoms with van der Waals surface area (Å²) in [6.45, 7) is 0.0529. The highest BCUT2D eigenvalue weighted by molar-refractivity contribution is 6.46. The number of ether oxygens (including phenoxy) is 1. The van der Waals surface area contributed by atoms with E-state index in [9.17, 15) is 14.4 Å². The maximum Gasteiger partial charge on any atom is 0.343 e. The van der Waals surface area contributed by atoms with Crippen molar-refractivity contribution in [1.82, 2.24) is 0 Å². The maximum absolute atomic E-state index is 13.3. The standard InChI is InChI=1S/C26H17ClN2O4/c1-2-15-33-23-14-13-18(17-22(23)27)16-21-24(30)28(19-9-5-3-6-10-19)26(32)29(25(21)31)20-11-7-4-8-12-20/h1,3-14,16-17H,15H2. The highest BCUT2D eigenvalue weighted by Crippen LogP contribution is 2.31. The summed E-state index contributed by atoms with van der Waals surface area (Å²) in [4.78, 5) is 41.9. The second-order valence-electron chi connectivity index (χ2n) is 6.98. The molecule has 4 amide bonds. The zero-order chi connectivity index (χ0) is 23.4. The number of barbiturate groups is 1. The van der Waals surface area contributed by atoms with Crippen molar-refractivity contribution >= 4 is 46.9 Å². The van der Waals surface area contributed by atoms with E-state index in [1.165, 1.54) is 6.08 Å². The normalized spacial score (nSPS) is 13.7. The molecule has 1 fully saturated rings. The van der Waals surface area contributed by atoms with E-state index in [1.54, 1.807) is 78.9 Å². The fraction of sp³-hybridized carbons (Fsp3) is 0.0385. The molecule has 7 heteroatoms. The predicted molar refractivity (Wildman–Crippen MR) is 127 cm³/mol. The SMILES string of the molecule is C#CCOc1ccc(C=C2C(=O)N(c3ccccc3)C(=O)N(c3ccccc3)C2=O)cc1Cl. The summed E-state index contributed by atoms with van der Waals surface area (Å²) in [6, 6.07) is 20.9. The lowest BCUT2D eigenvalue weighted by atomic mass is 10.0. The summed E-state index contributed by atoms with van der Waals surface area (Å²) in [6.07, 6.45) is 6.61. The molecule has 0 unspecified atom stereocenters. The Hall–Kier alpha value is -4.34. The Balaban J connectivity index is 1.80. The highest BCUT2D eigenvalue weighted by atomic mass is 35.5. The Labute approximate surface area is 195 Å². The molecule has 0 spiro atoms. The number of halogens is 1. The maximum atomic E-state index is 13.3. The molecule has 1 aliphatic heterocycles. The Kier molecular flexibility index (Phi) is 6.25. The number of hydrogen-bond donors (Lipinski definition) is 0. The number of amides is 4. The van der Waals surface area contributed by atoms with Crippen molar-refractivity contribution in [2.75, 3.05) is 16.4 Å². The molecule has 0 N–H and O–H groups in total. The van der Waals surface area contributed by atoms with Gasteiger partial charge in [0.05, 0.1) is 16.4 Å². The van der Waals surface area contributed by atoms with Gasteiger partial charge in [0.1, 0.15) is 17.9 Å². The van der Waals surface area contributed by atoms with Crippen LogP contribution in [0, 0.1) is 12.3 Å². The second kappa shape index (κ2) is 9.43. The average Bonchev–Trinajstić information content (AvgIpc) is 2.83.